The number of hydrogen-bond acceptors (Lipinski definition) is 4. The lowest BCUT2D eigenvalue weighted by Crippen LogP contribution is -2.39. The van der Waals surface area contributed by atoms with Crippen LogP contribution in [0.3, 0.4) is 0 Å². The lowest BCUT2D eigenvalue weighted by Gasteiger charge is -2.30. The summed E-state index contributed by atoms with van der Waals surface area (Å²) in [6.07, 6.45) is 2.92. The highest BCUT2D eigenvalue weighted by Gasteiger charge is 2.41. The van der Waals surface area contributed by atoms with Gasteiger partial charge in [0.2, 0.25) is 0 Å². The van der Waals surface area contributed by atoms with Gasteiger partial charge in [0.15, 0.2) is 5.11 Å². The third-order valence-electron chi connectivity index (χ3n) is 7.05. The predicted octanol–water partition coefficient (Wildman–Crippen LogP) is 4.95. The van der Waals surface area contributed by atoms with Gasteiger partial charge in [0.1, 0.15) is 0 Å². The molecular formula is C27H32BrN5OS. The Bertz CT molecular complexity index is 1160. The Balaban J connectivity index is 1.47. The molecule has 184 valence electrons. The van der Waals surface area contributed by atoms with Crippen molar-refractivity contribution in [2.24, 2.45) is 0 Å². The number of aromatic nitrogens is 2. The molecule has 0 spiro atoms. The maximum atomic E-state index is 5.90. The van der Waals surface area contributed by atoms with Crippen molar-refractivity contribution in [3.05, 3.63) is 81.8 Å². The molecule has 0 radical (unpaired) electrons. The van der Waals surface area contributed by atoms with Crippen LogP contribution in [-0.2, 0) is 4.74 Å². The van der Waals surface area contributed by atoms with E-state index < -0.39 is 0 Å². The van der Waals surface area contributed by atoms with Crippen LogP contribution in [0.1, 0.15) is 41.1 Å². The zero-order valence-corrected chi connectivity index (χ0v) is 22.7. The molecule has 1 N–H and O–H groups in total. The van der Waals surface area contributed by atoms with Gasteiger partial charge in [-0.05, 0) is 80.5 Å². The molecule has 2 atom stereocenters. The summed E-state index contributed by atoms with van der Waals surface area (Å²) in [4.78, 5) is 9.57. The van der Waals surface area contributed by atoms with Gasteiger partial charge in [-0.1, -0.05) is 22.0 Å². The molecule has 5 rings (SSSR count). The molecule has 35 heavy (non-hydrogen) atoms. The second kappa shape index (κ2) is 10.8. The topological polar surface area (TPSA) is 45.6 Å². The molecule has 0 saturated carbocycles. The number of ether oxygens (including phenoxy) is 1. The van der Waals surface area contributed by atoms with Crippen LogP contribution < -0.4 is 5.32 Å². The summed E-state index contributed by atoms with van der Waals surface area (Å²) in [5.74, 6) is 0. The quantitative estimate of drug-likeness (QED) is 0.418. The SMILES string of the molecule is Cc1cc([C@@H]2[C@@H](c3ccccn3)NC(=S)N2CCCN2CCOCC2)c(C)n1-c1ccc(Br)cc1. The van der Waals surface area contributed by atoms with E-state index >= 15 is 0 Å². The van der Waals surface area contributed by atoms with Crippen LogP contribution in [-0.4, -0.2) is 63.9 Å². The minimum absolute atomic E-state index is 0.00551. The number of benzene rings is 1. The highest BCUT2D eigenvalue weighted by molar-refractivity contribution is 9.10. The van der Waals surface area contributed by atoms with E-state index in [1.165, 1.54) is 17.0 Å². The molecule has 2 aliphatic rings. The molecule has 0 bridgehead atoms. The first-order chi connectivity index (χ1) is 17.0. The fraction of sp³-hybridized carbons (Fsp3) is 0.407. The minimum Gasteiger partial charge on any atom is -0.379 e. The second-order valence-corrected chi connectivity index (χ2v) is 10.6. The van der Waals surface area contributed by atoms with Crippen LogP contribution in [0.25, 0.3) is 5.69 Å². The maximum Gasteiger partial charge on any atom is 0.170 e. The lowest BCUT2D eigenvalue weighted by molar-refractivity contribution is 0.0365. The van der Waals surface area contributed by atoms with Crippen molar-refractivity contribution in [3.63, 3.8) is 0 Å². The fourth-order valence-electron chi connectivity index (χ4n) is 5.35. The van der Waals surface area contributed by atoms with E-state index in [9.17, 15) is 0 Å². The first-order valence-corrected chi connectivity index (χ1v) is 13.5. The van der Waals surface area contributed by atoms with Crippen molar-refractivity contribution in [3.8, 4) is 5.69 Å². The number of aryl methyl sites for hydroxylation is 1. The summed E-state index contributed by atoms with van der Waals surface area (Å²) in [6, 6.07) is 17.0. The Morgan fingerprint density at radius 1 is 1.09 bits per heavy atom. The van der Waals surface area contributed by atoms with E-state index in [0.29, 0.717) is 0 Å². The zero-order chi connectivity index (χ0) is 24.4. The molecule has 6 nitrogen and oxygen atoms in total. The summed E-state index contributed by atoms with van der Waals surface area (Å²) in [5, 5.41) is 4.41. The number of morpholine rings is 1. The summed E-state index contributed by atoms with van der Waals surface area (Å²) in [6.45, 7) is 10.0. The average Bonchev–Trinajstić information content (AvgIpc) is 3.36. The largest absolute Gasteiger partial charge is 0.379 e. The highest BCUT2D eigenvalue weighted by atomic mass is 79.9. The normalized spacial score (nSPS) is 20.9. The van der Waals surface area contributed by atoms with Crippen LogP contribution in [0.15, 0.2) is 59.2 Å². The van der Waals surface area contributed by atoms with Crippen molar-refractivity contribution < 1.29 is 4.74 Å². The van der Waals surface area contributed by atoms with E-state index in [2.05, 4.69) is 91.9 Å². The second-order valence-electron chi connectivity index (χ2n) is 9.27. The average molecular weight is 555 g/mol. The van der Waals surface area contributed by atoms with Crippen molar-refractivity contribution >= 4 is 33.3 Å². The molecule has 2 saturated heterocycles. The number of hydrogen-bond donors (Lipinski definition) is 1. The van der Waals surface area contributed by atoms with Gasteiger partial charge in [-0.15, -0.1) is 0 Å². The van der Waals surface area contributed by atoms with Crippen LogP contribution >= 0.6 is 28.1 Å². The number of thiocarbonyl (C=S) groups is 1. The van der Waals surface area contributed by atoms with Crippen LogP contribution in [0, 0.1) is 13.8 Å². The first-order valence-electron chi connectivity index (χ1n) is 12.3. The van der Waals surface area contributed by atoms with Crippen LogP contribution in [0.2, 0.25) is 0 Å². The standard InChI is InChI=1S/C27H32BrN5OS/c1-19-18-23(20(2)33(19)22-9-7-21(28)8-10-22)26-25(24-6-3-4-11-29-24)30-27(35)32(26)13-5-12-31-14-16-34-17-15-31/h3-4,6-11,18,25-26H,5,12-17H2,1-2H3,(H,30,35)/t25-,26-/m1/s1. The van der Waals surface area contributed by atoms with Gasteiger partial charge in [0, 0.05) is 53.9 Å². The lowest BCUT2D eigenvalue weighted by atomic mass is 9.96. The molecule has 3 aromatic rings. The molecule has 0 unspecified atom stereocenters. The molecule has 0 amide bonds. The number of nitrogens with one attached hydrogen (secondary N) is 1. The van der Waals surface area contributed by atoms with Gasteiger partial charge in [-0.25, -0.2) is 0 Å². The molecule has 2 fully saturated rings. The fourth-order valence-corrected chi connectivity index (χ4v) is 5.94. The zero-order valence-electron chi connectivity index (χ0n) is 20.3. The Labute approximate surface area is 221 Å². The molecule has 2 aromatic heterocycles. The van der Waals surface area contributed by atoms with Gasteiger partial charge in [0.25, 0.3) is 0 Å². The van der Waals surface area contributed by atoms with Crippen LogP contribution in [0.4, 0.5) is 0 Å². The number of rotatable bonds is 7. The number of pyridine rings is 1. The smallest absolute Gasteiger partial charge is 0.170 e. The van der Waals surface area contributed by atoms with E-state index in [-0.39, 0.29) is 12.1 Å². The van der Waals surface area contributed by atoms with Crippen molar-refractivity contribution in [1.82, 2.24) is 24.7 Å². The van der Waals surface area contributed by atoms with E-state index in [0.717, 1.165) is 66.8 Å². The predicted molar refractivity (Wildman–Crippen MR) is 147 cm³/mol. The molecule has 2 aliphatic heterocycles. The molecule has 1 aromatic carbocycles. The van der Waals surface area contributed by atoms with Gasteiger partial charge in [-0.2, -0.15) is 0 Å². The minimum atomic E-state index is 0.00551. The highest BCUT2D eigenvalue weighted by Crippen LogP contribution is 2.41. The van der Waals surface area contributed by atoms with Crippen LogP contribution in [0.5, 0.6) is 0 Å². The Kier molecular flexibility index (Phi) is 7.53. The summed E-state index contributed by atoms with van der Waals surface area (Å²) in [5.41, 5.74) is 5.92. The Morgan fingerprint density at radius 2 is 1.86 bits per heavy atom. The van der Waals surface area contributed by atoms with E-state index in [4.69, 9.17) is 21.9 Å². The van der Waals surface area contributed by atoms with Gasteiger partial charge in [0.05, 0.1) is 31.0 Å². The van der Waals surface area contributed by atoms with E-state index in [1.807, 2.05) is 12.3 Å². The monoisotopic (exact) mass is 553 g/mol. The third-order valence-corrected chi connectivity index (χ3v) is 7.93. The maximum absolute atomic E-state index is 5.90. The van der Waals surface area contributed by atoms with Crippen molar-refractivity contribution in [1.29, 1.82) is 0 Å². The summed E-state index contributed by atoms with van der Waals surface area (Å²) < 4.78 is 8.93. The Hall–Kier alpha value is -2.26. The summed E-state index contributed by atoms with van der Waals surface area (Å²) in [7, 11) is 0. The van der Waals surface area contributed by atoms with Gasteiger partial charge in [-0.3, -0.25) is 9.88 Å². The van der Waals surface area contributed by atoms with Crippen molar-refractivity contribution in [2.45, 2.75) is 32.4 Å². The third kappa shape index (κ3) is 5.16. The summed E-state index contributed by atoms with van der Waals surface area (Å²) >= 11 is 9.46. The van der Waals surface area contributed by atoms with Crippen molar-refractivity contribution in [2.75, 3.05) is 39.4 Å². The van der Waals surface area contributed by atoms with Gasteiger partial charge < -0.3 is 19.5 Å². The van der Waals surface area contributed by atoms with E-state index in [1.54, 1.807) is 0 Å². The Morgan fingerprint density at radius 3 is 2.57 bits per heavy atom. The first kappa shape index (κ1) is 24.4. The molecule has 4 heterocycles. The number of halogens is 1. The number of nitrogens with zero attached hydrogens (tertiary/aromatic N) is 4. The molecule has 8 heteroatoms. The van der Waals surface area contributed by atoms with Gasteiger partial charge >= 0.3 is 0 Å². The molecule has 0 aliphatic carbocycles. The molecular weight excluding hydrogens is 522 g/mol.